The maximum Gasteiger partial charge on any atom is 0.277 e. The Morgan fingerprint density at radius 3 is 2.36 bits per heavy atom. The molecule has 3 aromatic carbocycles. The standard InChI is InChI=1S/C23H21ClN2O2/c1-16-14-21(24)12-13-22(16)28-15-23(27)26-25-17(2)18-8-10-20(11-9-18)19-6-4-3-5-7-19/h3-14H,15H2,1-2H3,(H,26,27)/b25-17+. The Labute approximate surface area is 169 Å². The summed E-state index contributed by atoms with van der Waals surface area (Å²) in [5, 5.41) is 4.79. The Bertz CT molecular complexity index is 983. The van der Waals surface area contributed by atoms with E-state index in [1.165, 1.54) is 0 Å². The van der Waals surface area contributed by atoms with Crippen molar-refractivity contribution in [2.75, 3.05) is 6.61 Å². The van der Waals surface area contributed by atoms with E-state index >= 15 is 0 Å². The van der Waals surface area contributed by atoms with E-state index in [1.807, 2.05) is 56.3 Å². The van der Waals surface area contributed by atoms with Gasteiger partial charge in [0.05, 0.1) is 5.71 Å². The number of hydrazone groups is 1. The summed E-state index contributed by atoms with van der Waals surface area (Å²) in [6.07, 6.45) is 0. The molecular weight excluding hydrogens is 372 g/mol. The minimum absolute atomic E-state index is 0.119. The molecule has 142 valence electrons. The van der Waals surface area contributed by atoms with Gasteiger partial charge in [-0.15, -0.1) is 0 Å². The average molecular weight is 393 g/mol. The van der Waals surface area contributed by atoms with Gasteiger partial charge in [0, 0.05) is 5.02 Å². The van der Waals surface area contributed by atoms with Gasteiger partial charge in [0.2, 0.25) is 0 Å². The van der Waals surface area contributed by atoms with Gasteiger partial charge >= 0.3 is 0 Å². The molecule has 5 heteroatoms. The fourth-order valence-corrected chi connectivity index (χ4v) is 2.92. The van der Waals surface area contributed by atoms with E-state index in [-0.39, 0.29) is 12.5 Å². The summed E-state index contributed by atoms with van der Waals surface area (Å²) >= 11 is 5.91. The molecule has 1 N–H and O–H groups in total. The summed E-state index contributed by atoms with van der Waals surface area (Å²) in [7, 11) is 0. The first-order valence-corrected chi connectivity index (χ1v) is 9.28. The van der Waals surface area contributed by atoms with Crippen LogP contribution in [0.4, 0.5) is 0 Å². The number of halogens is 1. The van der Waals surface area contributed by atoms with Crippen LogP contribution in [0.15, 0.2) is 77.9 Å². The molecule has 0 unspecified atom stereocenters. The maximum atomic E-state index is 12.0. The zero-order valence-electron chi connectivity index (χ0n) is 15.8. The lowest BCUT2D eigenvalue weighted by molar-refractivity contribution is -0.123. The van der Waals surface area contributed by atoms with Crippen LogP contribution < -0.4 is 10.2 Å². The van der Waals surface area contributed by atoms with Crippen LogP contribution in [-0.2, 0) is 4.79 Å². The average Bonchev–Trinajstić information content (AvgIpc) is 2.72. The van der Waals surface area contributed by atoms with Crippen LogP contribution >= 0.6 is 11.6 Å². The molecule has 28 heavy (non-hydrogen) atoms. The second kappa shape index (κ2) is 9.20. The van der Waals surface area contributed by atoms with Gasteiger partial charge in [-0.2, -0.15) is 5.10 Å². The number of rotatable bonds is 6. The Morgan fingerprint density at radius 2 is 1.68 bits per heavy atom. The molecule has 3 aromatic rings. The third-order valence-corrected chi connectivity index (χ3v) is 4.49. The minimum Gasteiger partial charge on any atom is -0.483 e. The summed E-state index contributed by atoms with van der Waals surface area (Å²) in [4.78, 5) is 12.0. The highest BCUT2D eigenvalue weighted by molar-refractivity contribution is 6.30. The van der Waals surface area contributed by atoms with Crippen molar-refractivity contribution in [2.45, 2.75) is 13.8 Å². The van der Waals surface area contributed by atoms with E-state index in [4.69, 9.17) is 16.3 Å². The molecule has 0 saturated heterocycles. The summed E-state index contributed by atoms with van der Waals surface area (Å²) in [5.41, 5.74) is 7.35. The number of hydrogen-bond donors (Lipinski definition) is 1. The summed E-state index contributed by atoms with van der Waals surface area (Å²) < 4.78 is 5.52. The van der Waals surface area contributed by atoms with Gasteiger partial charge in [-0.25, -0.2) is 5.43 Å². The molecule has 0 heterocycles. The lowest BCUT2D eigenvalue weighted by atomic mass is 10.0. The predicted molar refractivity (Wildman–Crippen MR) is 114 cm³/mol. The molecule has 1 amide bonds. The molecule has 0 aromatic heterocycles. The summed E-state index contributed by atoms with van der Waals surface area (Å²) in [6.45, 7) is 3.61. The molecule has 0 saturated carbocycles. The number of aryl methyl sites for hydroxylation is 1. The van der Waals surface area contributed by atoms with Crippen LogP contribution in [0, 0.1) is 6.92 Å². The predicted octanol–water partition coefficient (Wildman–Crippen LogP) is 5.23. The summed E-state index contributed by atoms with van der Waals surface area (Å²) in [6, 6.07) is 23.5. The smallest absolute Gasteiger partial charge is 0.277 e. The topological polar surface area (TPSA) is 50.7 Å². The number of ether oxygens (including phenoxy) is 1. The summed E-state index contributed by atoms with van der Waals surface area (Å²) in [5.74, 6) is 0.298. The van der Waals surface area contributed by atoms with E-state index in [9.17, 15) is 4.79 Å². The molecule has 0 atom stereocenters. The number of amides is 1. The molecule has 4 nitrogen and oxygen atoms in total. The van der Waals surface area contributed by atoms with Gasteiger partial charge in [-0.05, 0) is 54.3 Å². The van der Waals surface area contributed by atoms with Crippen LogP contribution in [0.3, 0.4) is 0 Å². The third-order valence-electron chi connectivity index (χ3n) is 4.25. The van der Waals surface area contributed by atoms with Gasteiger partial charge in [0.25, 0.3) is 5.91 Å². The first kappa shape index (κ1) is 19.6. The van der Waals surface area contributed by atoms with Crippen molar-refractivity contribution in [1.82, 2.24) is 5.43 Å². The van der Waals surface area contributed by atoms with Crippen molar-refractivity contribution < 1.29 is 9.53 Å². The zero-order valence-corrected chi connectivity index (χ0v) is 16.5. The molecule has 3 rings (SSSR count). The molecule has 0 aliphatic rings. The molecular formula is C23H21ClN2O2. The number of nitrogens with one attached hydrogen (secondary N) is 1. The second-order valence-electron chi connectivity index (χ2n) is 6.37. The first-order chi connectivity index (χ1) is 13.5. The van der Waals surface area contributed by atoms with Crippen molar-refractivity contribution in [1.29, 1.82) is 0 Å². The number of benzene rings is 3. The van der Waals surface area contributed by atoms with Gasteiger partial charge in [-0.1, -0.05) is 66.2 Å². The minimum atomic E-state index is -0.324. The SMILES string of the molecule is C/C(=N\NC(=O)COc1ccc(Cl)cc1C)c1ccc(-c2ccccc2)cc1. The molecule has 0 bridgehead atoms. The Morgan fingerprint density at radius 1 is 1.00 bits per heavy atom. The van der Waals surface area contributed by atoms with E-state index in [1.54, 1.807) is 18.2 Å². The zero-order chi connectivity index (χ0) is 19.9. The highest BCUT2D eigenvalue weighted by atomic mass is 35.5. The fourth-order valence-electron chi connectivity index (χ4n) is 2.70. The van der Waals surface area contributed by atoms with E-state index in [0.717, 1.165) is 28.0 Å². The van der Waals surface area contributed by atoms with Crippen LogP contribution in [0.1, 0.15) is 18.1 Å². The first-order valence-electron chi connectivity index (χ1n) is 8.91. The number of nitrogens with zero attached hydrogens (tertiary/aromatic N) is 1. The van der Waals surface area contributed by atoms with E-state index in [2.05, 4.69) is 22.7 Å². The van der Waals surface area contributed by atoms with Crippen molar-refractivity contribution in [2.24, 2.45) is 5.10 Å². The highest BCUT2D eigenvalue weighted by Crippen LogP contribution is 2.22. The number of carbonyl (C=O) groups excluding carboxylic acids is 1. The number of carbonyl (C=O) groups is 1. The van der Waals surface area contributed by atoms with Crippen LogP contribution in [0.25, 0.3) is 11.1 Å². The number of hydrogen-bond acceptors (Lipinski definition) is 3. The second-order valence-corrected chi connectivity index (χ2v) is 6.81. The monoisotopic (exact) mass is 392 g/mol. The highest BCUT2D eigenvalue weighted by Gasteiger charge is 2.06. The van der Waals surface area contributed by atoms with Crippen LogP contribution in [-0.4, -0.2) is 18.2 Å². The lowest BCUT2D eigenvalue weighted by Gasteiger charge is -2.09. The molecule has 0 radical (unpaired) electrons. The van der Waals surface area contributed by atoms with E-state index in [0.29, 0.717) is 10.8 Å². The molecule has 0 aliphatic heterocycles. The van der Waals surface area contributed by atoms with Crippen molar-refractivity contribution in [3.05, 3.63) is 88.9 Å². The third kappa shape index (κ3) is 5.21. The normalized spacial score (nSPS) is 11.2. The van der Waals surface area contributed by atoms with E-state index < -0.39 is 0 Å². The fraction of sp³-hybridized carbons (Fsp3) is 0.130. The van der Waals surface area contributed by atoms with Crippen molar-refractivity contribution in [3.8, 4) is 16.9 Å². The Hall–Kier alpha value is -3.11. The quantitative estimate of drug-likeness (QED) is 0.461. The molecule has 0 spiro atoms. The lowest BCUT2D eigenvalue weighted by Crippen LogP contribution is -2.25. The largest absolute Gasteiger partial charge is 0.483 e. The van der Waals surface area contributed by atoms with Crippen molar-refractivity contribution >= 4 is 23.2 Å². The molecule has 0 fully saturated rings. The van der Waals surface area contributed by atoms with Crippen LogP contribution in [0.5, 0.6) is 5.75 Å². The maximum absolute atomic E-state index is 12.0. The Balaban J connectivity index is 1.56. The molecule has 0 aliphatic carbocycles. The Kier molecular flexibility index (Phi) is 6.45. The van der Waals surface area contributed by atoms with Crippen LogP contribution in [0.2, 0.25) is 5.02 Å². The van der Waals surface area contributed by atoms with Gasteiger partial charge in [-0.3, -0.25) is 4.79 Å². The van der Waals surface area contributed by atoms with Crippen molar-refractivity contribution in [3.63, 3.8) is 0 Å². The van der Waals surface area contributed by atoms with Gasteiger partial charge in [0.1, 0.15) is 5.75 Å². The van der Waals surface area contributed by atoms with Gasteiger partial charge < -0.3 is 4.74 Å². The van der Waals surface area contributed by atoms with Gasteiger partial charge in [0.15, 0.2) is 6.61 Å².